The van der Waals surface area contributed by atoms with Crippen LogP contribution in [0.25, 0.3) is 0 Å². The van der Waals surface area contributed by atoms with E-state index < -0.39 is 12.0 Å². The summed E-state index contributed by atoms with van der Waals surface area (Å²) in [5, 5.41) is 3.20. The molecule has 2 unspecified atom stereocenters. The van der Waals surface area contributed by atoms with Gasteiger partial charge < -0.3 is 19.3 Å². The quantitative estimate of drug-likeness (QED) is 0.472. The second-order valence-corrected chi connectivity index (χ2v) is 10.0. The lowest BCUT2D eigenvalue weighted by Crippen LogP contribution is -2.44. The number of piperidine rings is 1. The van der Waals surface area contributed by atoms with Gasteiger partial charge in [0.2, 0.25) is 5.91 Å². The van der Waals surface area contributed by atoms with Crippen molar-refractivity contribution >= 4 is 46.4 Å². The van der Waals surface area contributed by atoms with Crippen LogP contribution in [0.4, 0.5) is 0 Å². The summed E-state index contributed by atoms with van der Waals surface area (Å²) in [5.41, 5.74) is 2.61. The van der Waals surface area contributed by atoms with E-state index in [2.05, 4.69) is 4.99 Å². The predicted molar refractivity (Wildman–Crippen MR) is 139 cm³/mol. The highest BCUT2D eigenvalue weighted by Gasteiger charge is 2.41. The van der Waals surface area contributed by atoms with Gasteiger partial charge in [0, 0.05) is 23.8 Å². The molecule has 1 aromatic rings. The van der Waals surface area contributed by atoms with Gasteiger partial charge in [-0.25, -0.2) is 9.79 Å². The van der Waals surface area contributed by atoms with Crippen LogP contribution < -0.4 is 0 Å². The van der Waals surface area contributed by atoms with Gasteiger partial charge in [-0.2, -0.15) is 0 Å². The van der Waals surface area contributed by atoms with Crippen LogP contribution in [-0.4, -0.2) is 59.1 Å². The van der Waals surface area contributed by atoms with E-state index in [-0.39, 0.29) is 30.8 Å². The Bertz CT molecular complexity index is 1130. The Labute approximate surface area is 220 Å². The molecule has 1 amide bonds. The van der Waals surface area contributed by atoms with Crippen molar-refractivity contribution in [3.63, 3.8) is 0 Å². The minimum absolute atomic E-state index is 0.0732. The second-order valence-electron chi connectivity index (χ2n) is 8.77. The minimum atomic E-state index is -0.503. The molecular weight excluding hydrogens is 502 g/mol. The largest absolute Gasteiger partial charge is 0.466 e. The number of nitrogens with zero attached hydrogens (tertiary/aromatic N) is 3. The molecule has 0 aliphatic carbocycles. The van der Waals surface area contributed by atoms with Gasteiger partial charge in [0.15, 0.2) is 5.17 Å². The number of hydrogen-bond acceptors (Lipinski definition) is 8. The van der Waals surface area contributed by atoms with Gasteiger partial charge in [0.05, 0.1) is 42.9 Å². The fourth-order valence-corrected chi connectivity index (χ4v) is 5.81. The van der Waals surface area contributed by atoms with E-state index in [0.29, 0.717) is 41.2 Å². The number of amides is 1. The maximum Gasteiger partial charge on any atom is 0.338 e. The van der Waals surface area contributed by atoms with E-state index in [1.165, 1.54) is 11.8 Å². The van der Waals surface area contributed by atoms with Crippen molar-refractivity contribution in [2.75, 3.05) is 26.3 Å². The summed E-state index contributed by atoms with van der Waals surface area (Å²) in [6.07, 6.45) is 1.60. The third-order valence-electron chi connectivity index (χ3n) is 6.41. The number of hydrogen-bond donors (Lipinski definition) is 0. The Kier molecular flexibility index (Phi) is 8.41. The number of halogens is 1. The Hall–Kier alpha value is -2.78. The summed E-state index contributed by atoms with van der Waals surface area (Å²) in [7, 11) is 0. The number of thioether (sulfide) groups is 1. The van der Waals surface area contributed by atoms with Crippen LogP contribution in [0.1, 0.15) is 51.6 Å². The normalized spacial score (nSPS) is 21.6. The molecule has 2 atom stereocenters. The van der Waals surface area contributed by atoms with Crippen LogP contribution in [0.15, 0.2) is 51.6 Å². The molecule has 4 rings (SSSR count). The van der Waals surface area contributed by atoms with Crippen molar-refractivity contribution in [1.82, 2.24) is 9.80 Å². The molecule has 3 aliphatic heterocycles. The summed E-state index contributed by atoms with van der Waals surface area (Å²) in [4.78, 5) is 47.0. The highest BCUT2D eigenvalue weighted by atomic mass is 35.5. The minimum Gasteiger partial charge on any atom is -0.466 e. The first kappa shape index (κ1) is 26.3. The molecule has 192 valence electrons. The zero-order valence-corrected chi connectivity index (χ0v) is 22.2. The van der Waals surface area contributed by atoms with Crippen molar-refractivity contribution in [2.45, 2.75) is 46.1 Å². The number of carbonyl (C=O) groups excluding carboxylic acids is 3. The first-order valence-electron chi connectivity index (χ1n) is 12.1. The number of aliphatic imine (C=N–C) groups is 1. The van der Waals surface area contributed by atoms with Gasteiger partial charge in [0.25, 0.3) is 0 Å². The maximum absolute atomic E-state index is 13.4. The Morgan fingerprint density at radius 3 is 2.56 bits per heavy atom. The van der Waals surface area contributed by atoms with Gasteiger partial charge in [0.1, 0.15) is 0 Å². The van der Waals surface area contributed by atoms with Crippen LogP contribution >= 0.6 is 23.4 Å². The maximum atomic E-state index is 13.4. The topological polar surface area (TPSA) is 88.5 Å². The molecule has 0 saturated carbocycles. The number of rotatable bonds is 7. The van der Waals surface area contributed by atoms with E-state index in [1.807, 2.05) is 22.4 Å². The number of benzene rings is 1. The Balaban J connectivity index is 1.60. The summed E-state index contributed by atoms with van der Waals surface area (Å²) in [5.74, 6) is -1.06. The number of amidine groups is 1. The van der Waals surface area contributed by atoms with Crippen LogP contribution in [0, 0.1) is 5.92 Å². The number of esters is 2. The summed E-state index contributed by atoms with van der Waals surface area (Å²) < 4.78 is 10.6. The number of fused-ring (bicyclic) bond motifs is 1. The van der Waals surface area contributed by atoms with Gasteiger partial charge >= 0.3 is 11.9 Å². The lowest BCUT2D eigenvalue weighted by molar-refractivity contribution is -0.151. The SMILES string of the molecule is CCOC(=O)C1=C(C)N=C2SC=C(CC(=O)N3CCCC(C(=O)OCC)C3)N2C1c1ccc(Cl)cc1. The van der Waals surface area contributed by atoms with Gasteiger partial charge in [-0.1, -0.05) is 35.5 Å². The summed E-state index contributed by atoms with van der Waals surface area (Å²) in [6.45, 7) is 6.87. The lowest BCUT2D eigenvalue weighted by atomic mass is 9.93. The van der Waals surface area contributed by atoms with E-state index >= 15 is 0 Å². The van der Waals surface area contributed by atoms with Crippen molar-refractivity contribution < 1.29 is 23.9 Å². The predicted octanol–water partition coefficient (Wildman–Crippen LogP) is 4.67. The molecule has 0 N–H and O–H groups in total. The molecule has 36 heavy (non-hydrogen) atoms. The molecule has 10 heteroatoms. The molecule has 8 nitrogen and oxygen atoms in total. The lowest BCUT2D eigenvalue weighted by Gasteiger charge is -2.37. The number of allylic oxidation sites excluding steroid dienone is 1. The molecule has 1 saturated heterocycles. The van der Waals surface area contributed by atoms with E-state index in [9.17, 15) is 14.4 Å². The van der Waals surface area contributed by atoms with Crippen molar-refractivity contribution in [3.8, 4) is 0 Å². The molecular formula is C26H30ClN3O5S. The van der Waals surface area contributed by atoms with Crippen LogP contribution in [-0.2, 0) is 23.9 Å². The van der Waals surface area contributed by atoms with E-state index in [4.69, 9.17) is 21.1 Å². The highest BCUT2D eigenvalue weighted by molar-refractivity contribution is 8.16. The molecule has 3 aliphatic rings. The monoisotopic (exact) mass is 531 g/mol. The fourth-order valence-electron chi connectivity index (χ4n) is 4.72. The van der Waals surface area contributed by atoms with Gasteiger partial charge in [-0.15, -0.1) is 0 Å². The van der Waals surface area contributed by atoms with Crippen molar-refractivity contribution in [3.05, 3.63) is 57.2 Å². The Morgan fingerprint density at radius 1 is 1.14 bits per heavy atom. The summed E-state index contributed by atoms with van der Waals surface area (Å²) >= 11 is 7.56. The fraction of sp³-hybridized carbons (Fsp3) is 0.462. The van der Waals surface area contributed by atoms with Gasteiger partial charge in [-0.05, 0) is 56.7 Å². The standard InChI is InChI=1S/C26H30ClN3O5S/c1-4-34-24(32)18-7-6-12-29(14-18)21(31)13-20-15-36-26-28-16(3)22(25(33)35-5-2)23(30(20)26)17-8-10-19(27)11-9-17/h8-11,15,18,23H,4-7,12-14H2,1-3H3. The molecule has 0 radical (unpaired) electrons. The smallest absolute Gasteiger partial charge is 0.338 e. The third kappa shape index (κ3) is 5.47. The third-order valence-corrected chi connectivity index (χ3v) is 7.55. The number of likely N-dealkylation sites (tertiary alicyclic amines) is 1. The highest BCUT2D eigenvalue weighted by Crippen LogP contribution is 2.45. The van der Waals surface area contributed by atoms with E-state index in [0.717, 1.165) is 24.1 Å². The van der Waals surface area contributed by atoms with Crippen molar-refractivity contribution in [1.29, 1.82) is 0 Å². The van der Waals surface area contributed by atoms with E-state index in [1.54, 1.807) is 37.8 Å². The molecule has 0 spiro atoms. The summed E-state index contributed by atoms with van der Waals surface area (Å²) in [6, 6.07) is 6.80. The van der Waals surface area contributed by atoms with Crippen LogP contribution in [0.2, 0.25) is 5.02 Å². The molecule has 0 aromatic heterocycles. The van der Waals surface area contributed by atoms with Gasteiger partial charge in [-0.3, -0.25) is 9.59 Å². The number of carbonyl (C=O) groups is 3. The average Bonchev–Trinajstić information content (AvgIpc) is 3.25. The zero-order valence-electron chi connectivity index (χ0n) is 20.7. The molecule has 1 aromatic carbocycles. The Morgan fingerprint density at radius 2 is 1.86 bits per heavy atom. The first-order valence-corrected chi connectivity index (χ1v) is 13.4. The molecule has 1 fully saturated rings. The van der Waals surface area contributed by atoms with Crippen molar-refractivity contribution in [2.24, 2.45) is 10.9 Å². The zero-order chi connectivity index (χ0) is 25.8. The van der Waals surface area contributed by atoms with Crippen LogP contribution in [0.5, 0.6) is 0 Å². The molecule has 3 heterocycles. The molecule has 0 bridgehead atoms. The van der Waals surface area contributed by atoms with Crippen LogP contribution in [0.3, 0.4) is 0 Å². The second kappa shape index (κ2) is 11.5. The number of ether oxygens (including phenoxy) is 2. The first-order chi connectivity index (χ1) is 17.3. The average molecular weight is 532 g/mol.